The monoisotopic (exact) mass is 390 g/mol. The first kappa shape index (κ1) is 20.1. The highest BCUT2D eigenvalue weighted by molar-refractivity contribution is 5.90. The smallest absolute Gasteiger partial charge is 0.302 e. The molecule has 5 nitrogen and oxygen atoms in total. The van der Waals surface area contributed by atoms with E-state index >= 15 is 0 Å². The minimum absolute atomic E-state index is 0.0110. The van der Waals surface area contributed by atoms with Crippen LogP contribution in [-0.2, 0) is 19.1 Å². The second kappa shape index (κ2) is 6.38. The summed E-state index contributed by atoms with van der Waals surface area (Å²) in [4.78, 5) is 37.2. The molecule has 156 valence electrons. The average Bonchev–Trinajstić information content (AvgIpc) is 2.86. The third kappa shape index (κ3) is 2.57. The van der Waals surface area contributed by atoms with E-state index in [1.54, 1.807) is 0 Å². The average molecular weight is 391 g/mol. The van der Waals surface area contributed by atoms with Crippen molar-refractivity contribution in [3.05, 3.63) is 0 Å². The summed E-state index contributed by atoms with van der Waals surface area (Å²) in [5.74, 6) is 0.722. The van der Waals surface area contributed by atoms with Crippen LogP contribution in [0.25, 0.3) is 0 Å². The Hall–Kier alpha value is -1.23. The second-order valence-corrected chi connectivity index (χ2v) is 10.5. The molecule has 4 fully saturated rings. The van der Waals surface area contributed by atoms with Crippen molar-refractivity contribution in [1.82, 2.24) is 0 Å². The molecule has 0 amide bonds. The van der Waals surface area contributed by atoms with Crippen LogP contribution in [0.2, 0.25) is 0 Å². The Balaban J connectivity index is 1.63. The van der Waals surface area contributed by atoms with Crippen LogP contribution in [0.4, 0.5) is 0 Å². The molecule has 0 saturated heterocycles. The third-order valence-electron chi connectivity index (χ3n) is 9.37. The molecular formula is C23H34O5. The van der Waals surface area contributed by atoms with E-state index in [2.05, 4.69) is 6.92 Å². The van der Waals surface area contributed by atoms with Crippen molar-refractivity contribution < 1.29 is 24.2 Å². The number of rotatable bonds is 2. The fourth-order valence-corrected chi connectivity index (χ4v) is 7.96. The maximum Gasteiger partial charge on any atom is 0.302 e. The van der Waals surface area contributed by atoms with Crippen molar-refractivity contribution in [2.45, 2.75) is 90.8 Å². The number of esters is 1. The fourth-order valence-electron chi connectivity index (χ4n) is 7.96. The highest BCUT2D eigenvalue weighted by Gasteiger charge is 2.68. The van der Waals surface area contributed by atoms with Crippen LogP contribution in [0, 0.1) is 34.5 Å². The summed E-state index contributed by atoms with van der Waals surface area (Å²) in [6, 6.07) is 0. The van der Waals surface area contributed by atoms with Crippen LogP contribution in [0.3, 0.4) is 0 Å². The van der Waals surface area contributed by atoms with Gasteiger partial charge < -0.3 is 9.84 Å². The number of carbonyl (C=O) groups excluding carboxylic acids is 3. The van der Waals surface area contributed by atoms with Gasteiger partial charge in [0.15, 0.2) is 5.78 Å². The van der Waals surface area contributed by atoms with Gasteiger partial charge in [-0.2, -0.15) is 0 Å². The number of ether oxygens (including phenoxy) is 1. The third-order valence-corrected chi connectivity index (χ3v) is 9.37. The lowest BCUT2D eigenvalue weighted by atomic mass is 9.44. The molecule has 0 aromatic carbocycles. The van der Waals surface area contributed by atoms with Gasteiger partial charge in [0, 0.05) is 24.7 Å². The molecule has 1 N–H and O–H groups in total. The zero-order valence-electron chi connectivity index (χ0n) is 17.6. The predicted octanol–water partition coefficient (Wildman–Crippen LogP) is 3.46. The van der Waals surface area contributed by atoms with E-state index in [-0.39, 0.29) is 46.8 Å². The summed E-state index contributed by atoms with van der Waals surface area (Å²) < 4.78 is 5.49. The first-order chi connectivity index (χ1) is 13.0. The van der Waals surface area contributed by atoms with E-state index in [1.165, 1.54) is 13.8 Å². The Morgan fingerprint density at radius 2 is 1.79 bits per heavy atom. The van der Waals surface area contributed by atoms with Gasteiger partial charge in [0.1, 0.15) is 17.5 Å². The number of hydrogen-bond donors (Lipinski definition) is 1. The molecule has 0 spiro atoms. The summed E-state index contributed by atoms with van der Waals surface area (Å²) >= 11 is 0. The van der Waals surface area contributed by atoms with Gasteiger partial charge >= 0.3 is 5.97 Å². The molecule has 0 bridgehead atoms. The lowest BCUT2D eigenvalue weighted by molar-refractivity contribution is -0.181. The molecule has 4 saturated carbocycles. The Morgan fingerprint density at radius 3 is 2.43 bits per heavy atom. The van der Waals surface area contributed by atoms with E-state index in [0.717, 1.165) is 38.5 Å². The molecular weight excluding hydrogens is 356 g/mol. The Kier molecular flexibility index (Phi) is 4.57. The van der Waals surface area contributed by atoms with E-state index < -0.39 is 11.0 Å². The van der Waals surface area contributed by atoms with Crippen LogP contribution < -0.4 is 0 Å². The van der Waals surface area contributed by atoms with E-state index in [4.69, 9.17) is 4.74 Å². The Morgan fingerprint density at radius 1 is 1.07 bits per heavy atom. The largest absolute Gasteiger partial charge is 0.463 e. The maximum atomic E-state index is 13.5. The van der Waals surface area contributed by atoms with Crippen molar-refractivity contribution in [2.24, 2.45) is 34.5 Å². The van der Waals surface area contributed by atoms with Crippen molar-refractivity contribution in [2.75, 3.05) is 0 Å². The van der Waals surface area contributed by atoms with E-state index in [0.29, 0.717) is 18.8 Å². The minimum atomic E-state index is -1.36. The van der Waals surface area contributed by atoms with Gasteiger partial charge in [-0.05, 0) is 75.0 Å². The second-order valence-electron chi connectivity index (χ2n) is 10.5. The van der Waals surface area contributed by atoms with Gasteiger partial charge in [0.05, 0.1) is 0 Å². The summed E-state index contributed by atoms with van der Waals surface area (Å²) in [7, 11) is 0. The van der Waals surface area contributed by atoms with E-state index in [9.17, 15) is 19.5 Å². The lowest BCUT2D eigenvalue weighted by Crippen LogP contribution is -2.61. The lowest BCUT2D eigenvalue weighted by Gasteiger charge is -2.60. The predicted molar refractivity (Wildman–Crippen MR) is 103 cm³/mol. The zero-order valence-corrected chi connectivity index (χ0v) is 17.6. The number of hydrogen-bond acceptors (Lipinski definition) is 5. The van der Waals surface area contributed by atoms with Crippen LogP contribution in [0.5, 0.6) is 0 Å². The molecule has 0 heterocycles. The van der Waals surface area contributed by atoms with Gasteiger partial charge in [-0.25, -0.2) is 0 Å². The summed E-state index contributed by atoms with van der Waals surface area (Å²) in [6.45, 7) is 7.18. The van der Waals surface area contributed by atoms with Gasteiger partial charge in [0.2, 0.25) is 0 Å². The summed E-state index contributed by atoms with van der Waals surface area (Å²) in [6.07, 6.45) is 6.19. The molecule has 4 rings (SSSR count). The number of fused-ring (bicyclic) bond motifs is 5. The number of aliphatic hydroxyl groups is 1. The molecule has 4 aliphatic rings. The van der Waals surface area contributed by atoms with Crippen molar-refractivity contribution in [3.8, 4) is 0 Å². The fraction of sp³-hybridized carbons (Fsp3) is 0.870. The summed E-state index contributed by atoms with van der Waals surface area (Å²) in [5, 5.41) is 11.2. The van der Waals surface area contributed by atoms with Crippen LogP contribution in [0.1, 0.15) is 79.1 Å². The normalized spacial score (nSPS) is 50.3. The standard InChI is InChI=1S/C23H34O5/c1-13(24)23(27)10-8-18-17-6-5-15-11-16(28-14(2)25)7-9-21(15,3)20(17)19(26)12-22(18,23)4/h15-18,20,27H,5-12H2,1-4H3/t15-,16+,17-,18-,20+,21-,22-,23+/m0/s1. The number of Topliss-reactive ketones (excluding diaryl/α,β-unsaturated/α-hetero) is 2. The first-order valence-corrected chi connectivity index (χ1v) is 11.0. The highest BCUT2D eigenvalue weighted by Crippen LogP contribution is 2.67. The molecule has 28 heavy (non-hydrogen) atoms. The highest BCUT2D eigenvalue weighted by atomic mass is 16.5. The molecule has 8 atom stereocenters. The molecule has 0 unspecified atom stereocenters. The SMILES string of the molecule is CC(=O)O[C@@H]1CC[C@@]2(C)[C@@H](CC[C@@H]3[C@@H]2C(=O)C[C@@]2(C)[C@H]3CC[C@@]2(O)C(C)=O)C1. The molecule has 0 aliphatic heterocycles. The van der Waals surface area contributed by atoms with Crippen molar-refractivity contribution in [1.29, 1.82) is 0 Å². The maximum absolute atomic E-state index is 13.5. The van der Waals surface area contributed by atoms with Gasteiger partial charge in [-0.1, -0.05) is 13.8 Å². The topological polar surface area (TPSA) is 80.7 Å². The van der Waals surface area contributed by atoms with Crippen LogP contribution in [0.15, 0.2) is 0 Å². The van der Waals surface area contributed by atoms with Crippen molar-refractivity contribution >= 4 is 17.5 Å². The van der Waals surface area contributed by atoms with Gasteiger partial charge in [-0.15, -0.1) is 0 Å². The van der Waals surface area contributed by atoms with Crippen LogP contribution >= 0.6 is 0 Å². The number of carbonyl (C=O) groups is 3. The van der Waals surface area contributed by atoms with Gasteiger partial charge in [0.25, 0.3) is 0 Å². The molecule has 4 aliphatic carbocycles. The molecule has 0 aromatic heterocycles. The summed E-state index contributed by atoms with van der Waals surface area (Å²) in [5.41, 5.74) is -2.05. The molecule has 5 heteroatoms. The molecule has 0 aromatic rings. The quantitative estimate of drug-likeness (QED) is 0.730. The van der Waals surface area contributed by atoms with E-state index in [1.807, 2.05) is 6.92 Å². The van der Waals surface area contributed by atoms with Crippen molar-refractivity contribution in [3.63, 3.8) is 0 Å². The van der Waals surface area contributed by atoms with Gasteiger partial charge in [-0.3, -0.25) is 14.4 Å². The number of ketones is 2. The minimum Gasteiger partial charge on any atom is -0.463 e. The Labute approximate surface area is 167 Å². The van der Waals surface area contributed by atoms with Crippen LogP contribution in [-0.4, -0.2) is 34.3 Å². The molecule has 0 radical (unpaired) electrons. The first-order valence-electron chi connectivity index (χ1n) is 11.0. The Bertz CT molecular complexity index is 716. The zero-order chi connectivity index (χ0) is 20.5.